The van der Waals surface area contributed by atoms with Crippen molar-refractivity contribution >= 4 is 175 Å². The Labute approximate surface area is 318 Å². The van der Waals surface area contributed by atoms with Crippen LogP contribution in [0.5, 0.6) is 0 Å². The van der Waals surface area contributed by atoms with Crippen molar-refractivity contribution in [1.82, 2.24) is 0 Å². The molecule has 0 bridgehead atoms. The second-order valence-electron chi connectivity index (χ2n) is 9.52. The van der Waals surface area contributed by atoms with E-state index in [0.717, 1.165) is 0 Å². The van der Waals surface area contributed by atoms with E-state index in [1.165, 1.54) is 0 Å². The lowest BCUT2D eigenvalue weighted by atomic mass is 9.94. The maximum Gasteiger partial charge on any atom is 0.281 e. The molecule has 60 heavy (non-hydrogen) atoms. The largest absolute Gasteiger partial charge is 0.294 e. The van der Waals surface area contributed by atoms with Gasteiger partial charge in [-0.3, -0.25) is 144 Å². The van der Waals surface area contributed by atoms with Gasteiger partial charge in [-0.25, -0.2) is 0 Å². The van der Waals surface area contributed by atoms with Gasteiger partial charge in [0.25, 0.3) is 162 Å². The van der Waals surface area contributed by atoms with E-state index in [-0.39, 0.29) is 0 Å². The molecular weight excluding hydrogens is 840 g/mol. The van der Waals surface area contributed by atoms with E-state index in [1.54, 1.807) is 0 Å². The number of ketones is 28. The minimum atomic E-state index is -3.25. The van der Waals surface area contributed by atoms with Crippen LogP contribution in [0.2, 0.25) is 0 Å². The van der Waals surface area contributed by atoms with Crippen molar-refractivity contribution in [2.75, 3.05) is 0 Å². The van der Waals surface area contributed by atoms with E-state index in [9.17, 15) is 144 Å². The van der Waals surface area contributed by atoms with Gasteiger partial charge in [-0.2, -0.15) is 0 Å². The highest BCUT2D eigenvalue weighted by Gasteiger charge is 2.49. The molecule has 30 nitrogen and oxygen atoms in total. The monoisotopic (exact) mass is 842 g/mol. The molecule has 0 aliphatic heterocycles. The highest BCUT2D eigenvalue weighted by molar-refractivity contribution is 7.10. The van der Waals surface area contributed by atoms with E-state index in [1.807, 2.05) is 0 Å². The van der Waals surface area contributed by atoms with E-state index in [0.29, 0.717) is 0 Å². The second kappa shape index (κ2) is 19.6. The number of aldehydes is 2. The van der Waals surface area contributed by atoms with E-state index in [4.69, 9.17) is 0 Å². The summed E-state index contributed by atoms with van der Waals surface area (Å²) in [5, 5.41) is 0. The van der Waals surface area contributed by atoms with E-state index < -0.39 is 175 Å². The lowest BCUT2D eigenvalue weighted by Crippen LogP contribution is -2.48. The normalized spacial score (nSPS) is 9.67. The van der Waals surface area contributed by atoms with Gasteiger partial charge in [0.15, 0.2) is 12.6 Å². The van der Waals surface area contributed by atoms with Crippen molar-refractivity contribution in [3.63, 3.8) is 0 Å². The maximum absolute atomic E-state index is 11.9. The summed E-state index contributed by atoms with van der Waals surface area (Å²) in [6.45, 7) is 0. The number of carbonyl (C=O) groups excluding carboxylic acids is 30. The summed E-state index contributed by atoms with van der Waals surface area (Å²) in [5.41, 5.74) is 0. The fourth-order valence-electron chi connectivity index (χ4n) is 2.81. The van der Waals surface area contributed by atoms with Crippen LogP contribution in [0.25, 0.3) is 0 Å². The number of rotatable bonds is 29. The molecule has 0 N–H and O–H groups in total. The first kappa shape index (κ1) is 50.1. The quantitative estimate of drug-likeness (QED) is 0.0383. The Morgan fingerprint density at radius 3 is 0.267 bits per heavy atom. The van der Waals surface area contributed by atoms with Gasteiger partial charge in [-0.15, -0.1) is 0 Å². The molecule has 0 unspecified atom stereocenters. The molecule has 0 atom stereocenters. The molecule has 0 aromatic rings. The van der Waals surface area contributed by atoms with Gasteiger partial charge in [0, 0.05) is 0 Å². The highest BCUT2D eigenvalue weighted by atomic mass is 16.3. The average molecular weight is 842 g/mol. The molecule has 0 spiro atoms. The summed E-state index contributed by atoms with van der Waals surface area (Å²) in [6.07, 6.45) is -1.72. The Kier molecular flexibility index (Phi) is 16.4. The van der Waals surface area contributed by atoms with Crippen molar-refractivity contribution in [2.45, 2.75) is 0 Å². The first-order chi connectivity index (χ1) is 27.4. The molecule has 0 aromatic carbocycles. The van der Waals surface area contributed by atoms with Gasteiger partial charge in [0.1, 0.15) is 0 Å². The molecule has 0 aliphatic rings. The molecule has 0 fully saturated rings. The minimum absolute atomic E-state index is 0.862. The Hall–Kier alpha value is -9.90. The van der Waals surface area contributed by atoms with E-state index >= 15 is 0 Å². The van der Waals surface area contributed by atoms with Gasteiger partial charge in [-0.1, -0.05) is 0 Å². The third-order valence-corrected chi connectivity index (χ3v) is 5.82. The van der Waals surface area contributed by atoms with Crippen LogP contribution in [-0.2, 0) is 144 Å². The smallest absolute Gasteiger partial charge is 0.281 e. The fraction of sp³-hybridized carbons (Fsp3) is 0. The Bertz CT molecular complexity index is 2360. The van der Waals surface area contributed by atoms with Crippen molar-refractivity contribution < 1.29 is 144 Å². The highest BCUT2D eigenvalue weighted by Crippen LogP contribution is 1.99. The summed E-state index contributed by atoms with van der Waals surface area (Å²) in [5.74, 6) is -84.2. The number of carbonyl (C=O) groups is 30. The molecule has 302 valence electrons. The van der Waals surface area contributed by atoms with Crippen molar-refractivity contribution in [2.24, 2.45) is 0 Å². The first-order valence-electron chi connectivity index (χ1n) is 13.5. The predicted octanol–water partition coefficient (Wildman–Crippen LogP) is -12.7. The van der Waals surface area contributed by atoms with Crippen molar-refractivity contribution in [3.05, 3.63) is 0 Å². The molecule has 0 radical (unpaired) electrons. The lowest BCUT2D eigenvalue weighted by Gasteiger charge is -2.00. The van der Waals surface area contributed by atoms with Crippen molar-refractivity contribution in [3.8, 4) is 0 Å². The minimum Gasteiger partial charge on any atom is -0.294 e. The molecule has 0 rings (SSSR count). The molecule has 30 heteroatoms. The predicted molar refractivity (Wildman–Crippen MR) is 152 cm³/mol. The summed E-state index contributed by atoms with van der Waals surface area (Å²) >= 11 is 0. The molecule has 0 saturated heterocycles. The molecule has 0 saturated carbocycles. The maximum atomic E-state index is 11.9. The molecule has 0 amide bonds. The van der Waals surface area contributed by atoms with Crippen molar-refractivity contribution in [1.29, 1.82) is 0 Å². The number of hydrogen-bond acceptors (Lipinski definition) is 30. The van der Waals surface area contributed by atoms with Crippen LogP contribution in [0.1, 0.15) is 0 Å². The standard InChI is InChI=1S/C30H2O30/c31-1-3(33)5(35)7(37)9(39)11(41)13(43)15(45)17(47)19(49)21(51)23(53)25(55)27(57)29(59)30(60)28(58)26(56)24(54)22(52)20(50)18(48)16(46)14(44)12(42)10(40)8(38)6(36)4(34)2-32/h1-2H. The van der Waals surface area contributed by atoms with Crippen LogP contribution in [0.3, 0.4) is 0 Å². The zero-order valence-corrected chi connectivity index (χ0v) is 27.4. The van der Waals surface area contributed by atoms with Crippen LogP contribution in [0.15, 0.2) is 0 Å². The fourth-order valence-corrected chi connectivity index (χ4v) is 2.81. The van der Waals surface area contributed by atoms with Crippen LogP contribution in [0, 0.1) is 0 Å². The summed E-state index contributed by atoms with van der Waals surface area (Å²) in [6, 6.07) is 0. The third kappa shape index (κ3) is 10.2. The van der Waals surface area contributed by atoms with Gasteiger partial charge < -0.3 is 0 Å². The number of hydrogen-bond donors (Lipinski definition) is 0. The third-order valence-electron chi connectivity index (χ3n) is 5.82. The average Bonchev–Trinajstić information content (AvgIpc) is 3.26. The Morgan fingerprint density at radius 2 is 0.200 bits per heavy atom. The SMILES string of the molecule is O=CC(=O)C(=O)C(=O)C(=O)C(=O)C(=O)C(=O)C(=O)C(=O)C(=O)C(=O)C(=O)C(=O)C(=O)C(=O)C(=O)C(=O)C(=O)C(=O)C(=O)C(=O)C(=O)C(=O)C(=O)C(=O)C(=O)C(=O)C(=O)C=O. The topological polar surface area (TPSA) is 512 Å². The molecule has 0 heterocycles. The van der Waals surface area contributed by atoms with Crippen LogP contribution < -0.4 is 0 Å². The first-order valence-corrected chi connectivity index (χ1v) is 13.5. The molecular formula is C30H2O30. The van der Waals surface area contributed by atoms with Crippen LogP contribution in [-0.4, -0.2) is 175 Å². The van der Waals surface area contributed by atoms with Gasteiger partial charge in [0.05, 0.1) is 0 Å². The summed E-state index contributed by atoms with van der Waals surface area (Å²) < 4.78 is 0. The van der Waals surface area contributed by atoms with Crippen LogP contribution in [0.4, 0.5) is 0 Å². The zero-order chi connectivity index (χ0) is 47.6. The van der Waals surface area contributed by atoms with Crippen LogP contribution >= 0.6 is 0 Å². The van der Waals surface area contributed by atoms with Gasteiger partial charge >= 0.3 is 0 Å². The lowest BCUT2D eigenvalue weighted by molar-refractivity contribution is -0.158. The van der Waals surface area contributed by atoms with E-state index in [2.05, 4.69) is 0 Å². The zero-order valence-electron chi connectivity index (χ0n) is 27.4. The molecule has 0 aromatic heterocycles. The van der Waals surface area contributed by atoms with Gasteiger partial charge in [0.2, 0.25) is 0 Å². The summed E-state index contributed by atoms with van der Waals surface area (Å²) in [7, 11) is 0. The summed E-state index contributed by atoms with van der Waals surface area (Å²) in [4.78, 5) is 347. The Morgan fingerprint density at radius 1 is 0.133 bits per heavy atom. The molecule has 0 aliphatic carbocycles. The second-order valence-corrected chi connectivity index (χ2v) is 9.52. The number of Topliss-reactive ketones (excluding diaryl/α,β-unsaturated/α-hetero) is 28. The Balaban J connectivity index is 5.88. The van der Waals surface area contributed by atoms with Gasteiger partial charge in [-0.05, 0) is 0 Å².